The average Bonchev–Trinajstić information content (AvgIpc) is 3.03. The summed E-state index contributed by atoms with van der Waals surface area (Å²) >= 11 is 0. The van der Waals surface area contributed by atoms with E-state index in [4.69, 9.17) is 12.3 Å². The third kappa shape index (κ3) is 1.84. The molecule has 3 aromatic rings. The summed E-state index contributed by atoms with van der Waals surface area (Å²) in [6.07, 6.45) is 0. The molecule has 2 heterocycles. The Balaban J connectivity index is 2.37. The quantitative estimate of drug-likeness (QED) is 0.437. The van der Waals surface area contributed by atoms with Crippen molar-refractivity contribution in [1.82, 2.24) is 19.9 Å². The highest BCUT2D eigenvalue weighted by Crippen LogP contribution is 2.31. The summed E-state index contributed by atoms with van der Waals surface area (Å²) in [4.78, 5) is 18.0. The molecule has 0 unspecified atom stereocenters. The molecule has 10 heteroatoms. The summed E-state index contributed by atoms with van der Waals surface area (Å²) in [5.41, 5.74) is 6.21. The molecule has 0 atom stereocenters. The number of hydrogen-bond donors (Lipinski definition) is 1. The fourth-order valence-corrected chi connectivity index (χ4v) is 2.02. The highest BCUT2D eigenvalue weighted by Gasteiger charge is 2.24. The molecule has 0 amide bonds. The topological polar surface area (TPSA) is 130 Å². The van der Waals surface area contributed by atoms with Crippen LogP contribution in [0, 0.1) is 16.7 Å². The van der Waals surface area contributed by atoms with Crippen molar-refractivity contribution in [3.63, 3.8) is 0 Å². The monoisotopic (exact) mass is 285 g/mol. The Bertz CT molecular complexity index is 889. The molecule has 3 rings (SSSR count). The third-order valence-corrected chi connectivity index (χ3v) is 2.89. The van der Waals surface area contributed by atoms with Gasteiger partial charge in [-0.05, 0) is 16.4 Å². The number of para-hydroxylation sites is 1. The van der Waals surface area contributed by atoms with Crippen molar-refractivity contribution in [1.29, 1.82) is 0 Å². The van der Waals surface area contributed by atoms with E-state index in [0.717, 1.165) is 0 Å². The maximum Gasteiger partial charge on any atom is 0.297 e. The van der Waals surface area contributed by atoms with Gasteiger partial charge in [0.15, 0.2) is 22.9 Å². The van der Waals surface area contributed by atoms with Gasteiger partial charge in [0.05, 0.1) is 10.4 Å². The Morgan fingerprint density at radius 3 is 2.90 bits per heavy atom. The fourth-order valence-electron chi connectivity index (χ4n) is 2.02. The molecule has 0 fully saturated rings. The van der Waals surface area contributed by atoms with Crippen molar-refractivity contribution in [2.24, 2.45) is 0 Å². The highest BCUT2D eigenvalue weighted by atomic mass is 16.6. The molecule has 0 radical (unpaired) electrons. The number of nitro benzene ring substituents is 1. The molecule has 0 spiro atoms. The molecule has 0 saturated carbocycles. The van der Waals surface area contributed by atoms with E-state index in [1.165, 1.54) is 16.7 Å². The van der Waals surface area contributed by atoms with Gasteiger partial charge in [0, 0.05) is 6.07 Å². The minimum atomic E-state index is -0.536. The van der Waals surface area contributed by atoms with Gasteiger partial charge in [-0.2, -0.15) is 0 Å². The minimum Gasteiger partial charge on any atom is -0.379 e. The Labute approximate surface area is 116 Å². The average molecular weight is 285 g/mol. The maximum atomic E-state index is 11.1. The van der Waals surface area contributed by atoms with Crippen LogP contribution in [0.3, 0.4) is 0 Å². The first kappa shape index (κ1) is 12.5. The van der Waals surface area contributed by atoms with Crippen LogP contribution < -0.4 is 5.73 Å². The normalized spacial score (nSPS) is 10.6. The Morgan fingerprint density at radius 1 is 1.48 bits per heavy atom. The number of nitro groups is 1. The van der Waals surface area contributed by atoms with E-state index < -0.39 is 4.92 Å². The third-order valence-electron chi connectivity index (χ3n) is 2.89. The van der Waals surface area contributed by atoms with Crippen LogP contribution in [0.4, 0.5) is 11.5 Å². The molecule has 0 bridgehead atoms. The predicted molar refractivity (Wildman–Crippen MR) is 70.7 cm³/mol. The molecule has 1 aromatic carbocycles. The smallest absolute Gasteiger partial charge is 0.297 e. The van der Waals surface area contributed by atoms with Crippen molar-refractivity contribution in [2.45, 2.75) is 6.67 Å². The molecule has 0 aliphatic rings. The molecule has 2 N–H and O–H groups in total. The second-order valence-electron chi connectivity index (χ2n) is 4.06. The number of imidazole rings is 1. The number of nitrogens with zero attached hydrogens (tertiary/aromatic N) is 6. The summed E-state index contributed by atoms with van der Waals surface area (Å²) in [5.74, 6) is 0.202. The fraction of sp³-hybridized carbons (Fsp3) is 0.0909. The van der Waals surface area contributed by atoms with E-state index in [-0.39, 0.29) is 35.2 Å². The van der Waals surface area contributed by atoms with Gasteiger partial charge < -0.3 is 5.73 Å². The van der Waals surface area contributed by atoms with Gasteiger partial charge in [-0.15, -0.1) is 0 Å². The first-order valence-electron chi connectivity index (χ1n) is 5.68. The molecular formula is C11H7N7O3. The first-order chi connectivity index (χ1) is 10.1. The molecule has 2 aromatic heterocycles. The summed E-state index contributed by atoms with van der Waals surface area (Å²) in [6.45, 7) is 6.94. The first-order valence-corrected chi connectivity index (χ1v) is 5.68. The molecule has 104 valence electrons. The second kappa shape index (κ2) is 4.57. The van der Waals surface area contributed by atoms with Gasteiger partial charge in [0.1, 0.15) is 0 Å². The lowest BCUT2D eigenvalue weighted by atomic mass is 10.3. The van der Waals surface area contributed by atoms with Crippen molar-refractivity contribution >= 4 is 22.5 Å². The van der Waals surface area contributed by atoms with Crippen molar-refractivity contribution < 1.29 is 9.55 Å². The number of hydrogen-bond acceptors (Lipinski definition) is 7. The zero-order valence-electron chi connectivity index (χ0n) is 10.4. The Hall–Kier alpha value is -3.48. The van der Waals surface area contributed by atoms with E-state index >= 15 is 0 Å². The van der Waals surface area contributed by atoms with Crippen LogP contribution in [0.2, 0.25) is 0 Å². The number of nitrogen functional groups attached to an aromatic ring is 1. The van der Waals surface area contributed by atoms with Crippen LogP contribution in [0.5, 0.6) is 0 Å². The number of aromatic nitrogens is 4. The molecule has 10 nitrogen and oxygen atoms in total. The lowest BCUT2D eigenvalue weighted by Gasteiger charge is -1.99. The Kier molecular flexibility index (Phi) is 2.73. The largest absolute Gasteiger partial charge is 0.379 e. The lowest BCUT2D eigenvalue weighted by Crippen LogP contribution is -1.99. The van der Waals surface area contributed by atoms with E-state index in [2.05, 4.69) is 24.8 Å². The SMILES string of the molecule is [C-]#[N+]Cn1c(-c2nonc2N)nc2c([N+](=O)[O-])cccc21. The van der Waals surface area contributed by atoms with Crippen LogP contribution in [-0.2, 0) is 6.67 Å². The summed E-state index contributed by atoms with van der Waals surface area (Å²) in [7, 11) is 0. The molecule has 0 aliphatic heterocycles. The Morgan fingerprint density at radius 2 is 2.29 bits per heavy atom. The molecular weight excluding hydrogens is 278 g/mol. The van der Waals surface area contributed by atoms with Gasteiger partial charge in [0.25, 0.3) is 12.4 Å². The van der Waals surface area contributed by atoms with Gasteiger partial charge in [0.2, 0.25) is 0 Å². The number of rotatable bonds is 3. The van der Waals surface area contributed by atoms with Crippen LogP contribution >= 0.6 is 0 Å². The van der Waals surface area contributed by atoms with Crippen LogP contribution in [-0.4, -0.2) is 24.8 Å². The van der Waals surface area contributed by atoms with E-state index in [1.54, 1.807) is 6.07 Å². The van der Waals surface area contributed by atoms with E-state index in [9.17, 15) is 10.1 Å². The zero-order valence-corrected chi connectivity index (χ0v) is 10.4. The van der Waals surface area contributed by atoms with E-state index in [0.29, 0.717) is 5.52 Å². The van der Waals surface area contributed by atoms with Gasteiger partial charge >= 0.3 is 0 Å². The van der Waals surface area contributed by atoms with Crippen molar-refractivity contribution in [2.75, 3.05) is 5.73 Å². The number of anilines is 1. The number of fused-ring (bicyclic) bond motifs is 1. The summed E-state index contributed by atoms with van der Waals surface area (Å²) < 4.78 is 5.99. The standard InChI is InChI=1S/C11H7N7O3/c1-13-5-17-6-3-2-4-7(18(19)20)8(6)14-11(17)9-10(12)16-21-15-9/h2-4H,5H2,(H2,12,16). The maximum absolute atomic E-state index is 11.1. The van der Waals surface area contributed by atoms with Gasteiger partial charge in [-0.3, -0.25) is 19.5 Å². The van der Waals surface area contributed by atoms with Crippen molar-refractivity contribution in [3.05, 3.63) is 39.7 Å². The zero-order chi connectivity index (χ0) is 15.0. The molecule has 0 aliphatic carbocycles. The number of benzene rings is 1. The van der Waals surface area contributed by atoms with Crippen molar-refractivity contribution in [3.8, 4) is 11.5 Å². The predicted octanol–water partition coefficient (Wildman–Crippen LogP) is 1.45. The highest BCUT2D eigenvalue weighted by molar-refractivity contribution is 5.88. The summed E-state index contributed by atoms with van der Waals surface area (Å²) in [5, 5.41) is 18.2. The van der Waals surface area contributed by atoms with Crippen LogP contribution in [0.1, 0.15) is 0 Å². The lowest BCUT2D eigenvalue weighted by molar-refractivity contribution is -0.383. The van der Waals surface area contributed by atoms with Gasteiger partial charge in [-0.1, -0.05) is 6.07 Å². The number of nitrogens with two attached hydrogens (primary N) is 1. The summed E-state index contributed by atoms with van der Waals surface area (Å²) in [6, 6.07) is 4.50. The van der Waals surface area contributed by atoms with Crippen LogP contribution in [0.15, 0.2) is 22.8 Å². The molecule has 0 saturated heterocycles. The van der Waals surface area contributed by atoms with E-state index in [1.807, 2.05) is 0 Å². The van der Waals surface area contributed by atoms with Crippen LogP contribution in [0.25, 0.3) is 27.4 Å². The molecule has 21 heavy (non-hydrogen) atoms. The minimum absolute atomic E-state index is 0.000750. The van der Waals surface area contributed by atoms with Gasteiger partial charge in [-0.25, -0.2) is 16.2 Å². The number of non-ortho nitro benzene ring substituents is 1. The second-order valence-corrected chi connectivity index (χ2v) is 4.06.